The Hall–Kier alpha value is -1.17. The fourth-order valence-electron chi connectivity index (χ4n) is 0.632. The summed E-state index contributed by atoms with van der Waals surface area (Å²) in [5.41, 5.74) is 0. The normalized spacial score (nSPS) is 13.4. The van der Waals surface area contributed by atoms with Gasteiger partial charge in [-0.15, -0.1) is 0 Å². The standard InChI is InChI=1S/C6H7F2NO3/c1-11-4-2-3(12-9-4)5(10)6(7)8/h2,5-6,10H,1H3. The van der Waals surface area contributed by atoms with E-state index in [1.165, 1.54) is 7.11 Å². The molecule has 1 aromatic rings. The van der Waals surface area contributed by atoms with Gasteiger partial charge in [0, 0.05) is 6.07 Å². The van der Waals surface area contributed by atoms with Gasteiger partial charge in [-0.2, -0.15) is 0 Å². The van der Waals surface area contributed by atoms with Gasteiger partial charge in [0.15, 0.2) is 11.9 Å². The van der Waals surface area contributed by atoms with Crippen molar-refractivity contribution in [1.82, 2.24) is 5.16 Å². The summed E-state index contributed by atoms with van der Waals surface area (Å²) < 4.78 is 32.6. The van der Waals surface area contributed by atoms with E-state index in [2.05, 4.69) is 14.4 Å². The van der Waals surface area contributed by atoms with Crippen LogP contribution in [0.1, 0.15) is 11.9 Å². The number of alkyl halides is 2. The lowest BCUT2D eigenvalue weighted by atomic mass is 10.3. The zero-order valence-electron chi connectivity index (χ0n) is 6.20. The molecule has 12 heavy (non-hydrogen) atoms. The largest absolute Gasteiger partial charge is 0.479 e. The van der Waals surface area contributed by atoms with Crippen LogP contribution in [-0.2, 0) is 0 Å². The van der Waals surface area contributed by atoms with Crippen LogP contribution in [-0.4, -0.2) is 23.8 Å². The van der Waals surface area contributed by atoms with E-state index in [1.807, 2.05) is 0 Å². The Kier molecular flexibility index (Phi) is 2.59. The topological polar surface area (TPSA) is 55.5 Å². The molecule has 1 unspecified atom stereocenters. The Morgan fingerprint density at radius 2 is 2.33 bits per heavy atom. The first-order valence-corrected chi connectivity index (χ1v) is 3.12. The Morgan fingerprint density at radius 3 is 2.75 bits per heavy atom. The number of halogens is 2. The molecule has 0 aromatic carbocycles. The van der Waals surface area contributed by atoms with Gasteiger partial charge in [0.05, 0.1) is 7.11 Å². The van der Waals surface area contributed by atoms with E-state index < -0.39 is 12.5 Å². The Balaban J connectivity index is 2.74. The summed E-state index contributed by atoms with van der Waals surface area (Å²) in [5.74, 6) is -0.244. The first kappa shape index (κ1) is 8.92. The number of aliphatic hydroxyl groups is 1. The molecule has 0 aliphatic heterocycles. The molecule has 0 aliphatic rings. The Labute approximate surface area is 66.7 Å². The first-order valence-electron chi connectivity index (χ1n) is 3.12. The summed E-state index contributed by atoms with van der Waals surface area (Å²) in [6.45, 7) is 0. The third kappa shape index (κ3) is 1.70. The molecule has 68 valence electrons. The van der Waals surface area contributed by atoms with Crippen LogP contribution in [0.2, 0.25) is 0 Å². The number of rotatable bonds is 3. The van der Waals surface area contributed by atoms with Gasteiger partial charge in [0.2, 0.25) is 0 Å². The molecule has 1 atom stereocenters. The van der Waals surface area contributed by atoms with Gasteiger partial charge in [0.1, 0.15) is 0 Å². The maximum atomic E-state index is 11.8. The highest BCUT2D eigenvalue weighted by Gasteiger charge is 2.23. The fraction of sp³-hybridized carbons (Fsp3) is 0.500. The molecule has 1 heterocycles. The highest BCUT2D eigenvalue weighted by Crippen LogP contribution is 2.23. The van der Waals surface area contributed by atoms with Crippen LogP contribution in [0, 0.1) is 0 Å². The Morgan fingerprint density at radius 1 is 1.67 bits per heavy atom. The van der Waals surface area contributed by atoms with Gasteiger partial charge < -0.3 is 14.4 Å². The third-order valence-corrected chi connectivity index (χ3v) is 1.25. The van der Waals surface area contributed by atoms with Crippen LogP contribution < -0.4 is 4.74 Å². The maximum absolute atomic E-state index is 11.8. The number of aromatic nitrogens is 1. The van der Waals surface area contributed by atoms with E-state index in [9.17, 15) is 8.78 Å². The lowest BCUT2D eigenvalue weighted by molar-refractivity contribution is -0.0205. The second kappa shape index (κ2) is 3.48. The molecule has 0 amide bonds. The minimum Gasteiger partial charge on any atom is -0.479 e. The van der Waals surface area contributed by atoms with Gasteiger partial charge in [-0.1, -0.05) is 0 Å². The quantitative estimate of drug-likeness (QED) is 0.751. The molecule has 0 spiro atoms. The summed E-state index contributed by atoms with van der Waals surface area (Å²) in [6.07, 6.45) is -4.83. The van der Waals surface area contributed by atoms with Gasteiger partial charge in [-0.3, -0.25) is 0 Å². The second-order valence-corrected chi connectivity index (χ2v) is 2.05. The van der Waals surface area contributed by atoms with Crippen molar-refractivity contribution in [2.24, 2.45) is 0 Å². The molecule has 0 bridgehead atoms. The molecule has 1 N–H and O–H groups in total. The van der Waals surface area contributed by atoms with E-state index >= 15 is 0 Å². The van der Waals surface area contributed by atoms with Crippen LogP contribution in [0.15, 0.2) is 10.6 Å². The highest BCUT2D eigenvalue weighted by atomic mass is 19.3. The number of ether oxygens (including phenoxy) is 1. The average molecular weight is 179 g/mol. The monoisotopic (exact) mass is 179 g/mol. The lowest BCUT2D eigenvalue weighted by Gasteiger charge is -2.02. The van der Waals surface area contributed by atoms with E-state index in [0.29, 0.717) is 0 Å². The van der Waals surface area contributed by atoms with Crippen LogP contribution in [0.5, 0.6) is 5.88 Å². The molecule has 4 nitrogen and oxygen atoms in total. The number of methoxy groups -OCH3 is 1. The second-order valence-electron chi connectivity index (χ2n) is 2.05. The smallest absolute Gasteiger partial charge is 0.271 e. The molecular weight excluding hydrogens is 172 g/mol. The van der Waals surface area contributed by atoms with Crippen molar-refractivity contribution in [2.45, 2.75) is 12.5 Å². The zero-order chi connectivity index (χ0) is 9.14. The summed E-state index contributed by atoms with van der Waals surface area (Å²) in [6, 6.07) is 1.11. The number of nitrogens with zero attached hydrogens (tertiary/aromatic N) is 1. The molecule has 6 heteroatoms. The van der Waals surface area contributed by atoms with Crippen LogP contribution in [0.3, 0.4) is 0 Å². The molecule has 0 radical (unpaired) electrons. The Bertz CT molecular complexity index is 251. The number of hydrogen-bond donors (Lipinski definition) is 1. The molecular formula is C6H7F2NO3. The van der Waals surface area contributed by atoms with Gasteiger partial charge in [-0.05, 0) is 5.16 Å². The van der Waals surface area contributed by atoms with Crippen molar-refractivity contribution in [2.75, 3.05) is 7.11 Å². The summed E-state index contributed by atoms with van der Waals surface area (Å²) in [4.78, 5) is 0. The predicted octanol–water partition coefficient (Wildman–Crippen LogP) is 0.982. The summed E-state index contributed by atoms with van der Waals surface area (Å²) in [5, 5.41) is 12.0. The highest BCUT2D eigenvalue weighted by molar-refractivity contribution is 5.12. The van der Waals surface area contributed by atoms with E-state index in [4.69, 9.17) is 5.11 Å². The molecule has 0 saturated carbocycles. The van der Waals surface area contributed by atoms with E-state index in [1.54, 1.807) is 0 Å². The predicted molar refractivity (Wildman–Crippen MR) is 34.0 cm³/mol. The van der Waals surface area contributed by atoms with Crippen molar-refractivity contribution >= 4 is 0 Å². The molecule has 1 rings (SSSR count). The van der Waals surface area contributed by atoms with Crippen LogP contribution in [0.25, 0.3) is 0 Å². The molecule has 0 fully saturated rings. The van der Waals surface area contributed by atoms with Gasteiger partial charge in [0.25, 0.3) is 12.3 Å². The fourth-order valence-corrected chi connectivity index (χ4v) is 0.632. The van der Waals surface area contributed by atoms with E-state index in [0.717, 1.165) is 6.07 Å². The minimum atomic E-state index is -2.89. The maximum Gasteiger partial charge on any atom is 0.271 e. The SMILES string of the molecule is COc1cc(C(O)C(F)F)on1. The summed E-state index contributed by atoms with van der Waals surface area (Å²) in [7, 11) is 1.32. The summed E-state index contributed by atoms with van der Waals surface area (Å²) >= 11 is 0. The third-order valence-electron chi connectivity index (χ3n) is 1.25. The zero-order valence-corrected chi connectivity index (χ0v) is 6.20. The molecule has 0 aliphatic carbocycles. The van der Waals surface area contributed by atoms with Gasteiger partial charge in [-0.25, -0.2) is 8.78 Å². The minimum absolute atomic E-state index is 0.0599. The van der Waals surface area contributed by atoms with Crippen LogP contribution in [0.4, 0.5) is 8.78 Å². The number of aliphatic hydroxyl groups excluding tert-OH is 1. The van der Waals surface area contributed by atoms with Crippen LogP contribution >= 0.6 is 0 Å². The van der Waals surface area contributed by atoms with Crippen molar-refractivity contribution in [3.8, 4) is 5.88 Å². The first-order chi connectivity index (χ1) is 5.65. The van der Waals surface area contributed by atoms with Crippen molar-refractivity contribution < 1.29 is 23.1 Å². The average Bonchev–Trinajstić information content (AvgIpc) is 2.50. The number of hydrogen-bond acceptors (Lipinski definition) is 4. The van der Waals surface area contributed by atoms with Gasteiger partial charge >= 0.3 is 0 Å². The van der Waals surface area contributed by atoms with Crippen molar-refractivity contribution in [3.05, 3.63) is 11.8 Å². The molecule has 1 aromatic heterocycles. The van der Waals surface area contributed by atoms with Crippen molar-refractivity contribution in [3.63, 3.8) is 0 Å². The molecule has 0 saturated heterocycles. The van der Waals surface area contributed by atoms with E-state index in [-0.39, 0.29) is 11.6 Å². The van der Waals surface area contributed by atoms with Crippen molar-refractivity contribution in [1.29, 1.82) is 0 Å². The lowest BCUT2D eigenvalue weighted by Crippen LogP contribution is -2.06.